The van der Waals surface area contributed by atoms with Crippen LogP contribution in [-0.2, 0) is 0 Å². The van der Waals surface area contributed by atoms with Crippen molar-refractivity contribution in [3.05, 3.63) is 35.4 Å². The van der Waals surface area contributed by atoms with Gasteiger partial charge in [-0.1, -0.05) is 11.6 Å². The van der Waals surface area contributed by atoms with Crippen LogP contribution in [0.1, 0.15) is 22.0 Å². The first-order chi connectivity index (χ1) is 8.52. The summed E-state index contributed by atoms with van der Waals surface area (Å²) in [5.74, 6) is -0.437. The van der Waals surface area contributed by atoms with Crippen LogP contribution in [0.25, 0.3) is 11.3 Å². The van der Waals surface area contributed by atoms with Crippen LogP contribution in [0.3, 0.4) is 0 Å². The fourth-order valence-corrected chi connectivity index (χ4v) is 1.76. The van der Waals surface area contributed by atoms with Gasteiger partial charge in [-0.3, -0.25) is 0 Å². The maximum Gasteiger partial charge on any atom is 0.374 e. The second-order valence-corrected chi connectivity index (χ2v) is 3.92. The van der Waals surface area contributed by atoms with E-state index in [1.807, 2.05) is 19.1 Å². The van der Waals surface area contributed by atoms with E-state index in [1.54, 1.807) is 13.0 Å². The first-order valence-electron chi connectivity index (χ1n) is 5.38. The van der Waals surface area contributed by atoms with Crippen LogP contribution in [-0.4, -0.2) is 23.2 Å². The van der Waals surface area contributed by atoms with Gasteiger partial charge in [-0.15, -0.1) is 0 Å². The number of hydrogen-bond acceptors (Lipinski definition) is 4. The van der Waals surface area contributed by atoms with Gasteiger partial charge in [-0.25, -0.2) is 9.78 Å². The van der Waals surface area contributed by atoms with Crippen molar-refractivity contribution in [2.24, 2.45) is 0 Å². The molecule has 0 atom stereocenters. The maximum atomic E-state index is 11.1. The average Bonchev–Trinajstić information content (AvgIpc) is 2.71. The van der Waals surface area contributed by atoms with Crippen molar-refractivity contribution in [3.63, 3.8) is 0 Å². The monoisotopic (exact) mass is 247 g/mol. The van der Waals surface area contributed by atoms with E-state index >= 15 is 0 Å². The maximum absolute atomic E-state index is 11.1. The summed E-state index contributed by atoms with van der Waals surface area (Å²) in [7, 11) is 1.53. The molecule has 0 amide bonds. The number of hydrogen-bond donors (Lipinski definition) is 1. The molecule has 0 saturated carbocycles. The van der Waals surface area contributed by atoms with Crippen molar-refractivity contribution in [2.75, 3.05) is 7.11 Å². The molecule has 5 heteroatoms. The number of aromatic nitrogens is 1. The highest BCUT2D eigenvalue weighted by Gasteiger charge is 2.22. The summed E-state index contributed by atoms with van der Waals surface area (Å²) in [5, 5.41) is 9.10. The minimum Gasteiger partial charge on any atom is -0.496 e. The molecule has 94 valence electrons. The number of methoxy groups -OCH3 is 1. The molecule has 1 N–H and O–H groups in total. The third-order valence-corrected chi connectivity index (χ3v) is 2.54. The number of carboxylic acid groups (broad SMARTS) is 1. The van der Waals surface area contributed by atoms with Crippen LogP contribution >= 0.6 is 0 Å². The number of benzene rings is 1. The van der Waals surface area contributed by atoms with E-state index in [1.165, 1.54) is 7.11 Å². The molecular weight excluding hydrogens is 234 g/mol. The van der Waals surface area contributed by atoms with Crippen molar-refractivity contribution >= 4 is 5.97 Å². The van der Waals surface area contributed by atoms with E-state index < -0.39 is 5.97 Å². The number of carbonyl (C=O) groups is 1. The average molecular weight is 247 g/mol. The molecule has 18 heavy (non-hydrogen) atoms. The van der Waals surface area contributed by atoms with E-state index in [0.29, 0.717) is 22.9 Å². The Labute approximate surface area is 104 Å². The zero-order valence-corrected chi connectivity index (χ0v) is 10.4. The van der Waals surface area contributed by atoms with Gasteiger partial charge in [-0.05, 0) is 19.1 Å². The van der Waals surface area contributed by atoms with E-state index in [0.717, 1.165) is 5.56 Å². The Hall–Kier alpha value is -2.30. The van der Waals surface area contributed by atoms with E-state index in [9.17, 15) is 4.79 Å². The van der Waals surface area contributed by atoms with Crippen LogP contribution < -0.4 is 4.74 Å². The molecule has 0 fully saturated rings. The molecule has 5 nitrogen and oxygen atoms in total. The summed E-state index contributed by atoms with van der Waals surface area (Å²) in [6.07, 6.45) is 0. The smallest absolute Gasteiger partial charge is 0.374 e. The van der Waals surface area contributed by atoms with Crippen LogP contribution in [0, 0.1) is 13.8 Å². The van der Waals surface area contributed by atoms with Gasteiger partial charge in [0.25, 0.3) is 0 Å². The lowest BCUT2D eigenvalue weighted by Crippen LogP contribution is -1.98. The summed E-state index contributed by atoms with van der Waals surface area (Å²) in [5.41, 5.74) is 1.90. The Balaban J connectivity index is 2.68. The molecular formula is C13H13NO4. The molecule has 0 saturated heterocycles. The van der Waals surface area contributed by atoms with Crippen molar-refractivity contribution in [3.8, 4) is 17.0 Å². The molecule has 0 unspecified atom stereocenters. The minimum absolute atomic E-state index is 0.170. The number of carboxylic acids is 1. The quantitative estimate of drug-likeness (QED) is 0.902. The summed E-state index contributed by atoms with van der Waals surface area (Å²) >= 11 is 0. The minimum atomic E-state index is -1.14. The first-order valence-corrected chi connectivity index (χ1v) is 5.38. The van der Waals surface area contributed by atoms with Gasteiger partial charge in [0, 0.05) is 12.5 Å². The molecule has 0 bridgehead atoms. The molecule has 2 rings (SSSR count). The second kappa shape index (κ2) is 4.52. The molecule has 1 aromatic heterocycles. The standard InChI is InChI=1S/C13H13NO4/c1-7-4-5-10(17-3)9(6-7)11-12(13(15)16)18-8(2)14-11/h4-6H,1-3H3,(H,15,16). The zero-order valence-electron chi connectivity index (χ0n) is 10.4. The van der Waals surface area contributed by atoms with Gasteiger partial charge in [0.2, 0.25) is 5.76 Å². The zero-order chi connectivity index (χ0) is 13.3. The highest BCUT2D eigenvalue weighted by atomic mass is 16.5. The normalized spacial score (nSPS) is 10.4. The number of oxazole rings is 1. The number of rotatable bonds is 3. The van der Waals surface area contributed by atoms with Crippen molar-refractivity contribution in [2.45, 2.75) is 13.8 Å². The Morgan fingerprint density at radius 2 is 2.11 bits per heavy atom. The predicted octanol–water partition coefficient (Wildman–Crippen LogP) is 2.67. The lowest BCUT2D eigenvalue weighted by atomic mass is 10.1. The topological polar surface area (TPSA) is 72.6 Å². The first kappa shape index (κ1) is 12.2. The summed E-state index contributed by atoms with van der Waals surface area (Å²) in [6.45, 7) is 3.52. The van der Waals surface area contributed by atoms with Crippen LogP contribution in [0.15, 0.2) is 22.6 Å². The van der Waals surface area contributed by atoms with Gasteiger partial charge in [0.05, 0.1) is 7.11 Å². The molecule has 0 aliphatic rings. The van der Waals surface area contributed by atoms with Crippen LogP contribution in [0.2, 0.25) is 0 Å². The summed E-state index contributed by atoms with van der Waals surface area (Å²) in [6, 6.07) is 5.48. The Kier molecular flexibility index (Phi) is 3.06. The van der Waals surface area contributed by atoms with Crippen molar-refractivity contribution < 1.29 is 19.1 Å². The largest absolute Gasteiger partial charge is 0.496 e. The Morgan fingerprint density at radius 3 is 2.72 bits per heavy atom. The lowest BCUT2D eigenvalue weighted by Gasteiger charge is -2.07. The van der Waals surface area contributed by atoms with Gasteiger partial charge < -0.3 is 14.3 Å². The summed E-state index contributed by atoms with van der Waals surface area (Å²) < 4.78 is 10.3. The number of ether oxygens (including phenoxy) is 1. The van der Waals surface area contributed by atoms with E-state index in [-0.39, 0.29) is 5.76 Å². The number of aromatic carboxylic acids is 1. The lowest BCUT2D eigenvalue weighted by molar-refractivity contribution is 0.0662. The second-order valence-electron chi connectivity index (χ2n) is 3.92. The van der Waals surface area contributed by atoms with Crippen molar-refractivity contribution in [1.82, 2.24) is 4.98 Å². The van der Waals surface area contributed by atoms with Crippen LogP contribution in [0.4, 0.5) is 0 Å². The van der Waals surface area contributed by atoms with Gasteiger partial charge in [-0.2, -0.15) is 0 Å². The fraction of sp³-hybridized carbons (Fsp3) is 0.231. The molecule has 0 aliphatic carbocycles. The highest BCUT2D eigenvalue weighted by molar-refractivity contribution is 5.92. The number of nitrogens with zero attached hydrogens (tertiary/aromatic N) is 1. The third-order valence-electron chi connectivity index (χ3n) is 2.54. The molecule has 0 spiro atoms. The van der Waals surface area contributed by atoms with Gasteiger partial charge in [0.1, 0.15) is 11.4 Å². The van der Waals surface area contributed by atoms with Crippen LogP contribution in [0.5, 0.6) is 5.75 Å². The molecule has 2 aromatic rings. The number of aryl methyl sites for hydroxylation is 2. The predicted molar refractivity (Wildman–Crippen MR) is 64.9 cm³/mol. The highest BCUT2D eigenvalue weighted by Crippen LogP contribution is 2.32. The van der Waals surface area contributed by atoms with E-state index in [2.05, 4.69) is 4.98 Å². The molecule has 0 radical (unpaired) electrons. The van der Waals surface area contributed by atoms with Crippen molar-refractivity contribution in [1.29, 1.82) is 0 Å². The van der Waals surface area contributed by atoms with Gasteiger partial charge in [0.15, 0.2) is 5.89 Å². The van der Waals surface area contributed by atoms with E-state index in [4.69, 9.17) is 14.3 Å². The summed E-state index contributed by atoms with van der Waals surface area (Å²) in [4.78, 5) is 15.2. The SMILES string of the molecule is COc1ccc(C)cc1-c1nc(C)oc1C(=O)O. The van der Waals surface area contributed by atoms with Gasteiger partial charge >= 0.3 is 5.97 Å². The molecule has 1 heterocycles. The Bertz CT molecular complexity index is 601. The third kappa shape index (κ3) is 2.07. The Morgan fingerprint density at radius 1 is 1.39 bits per heavy atom. The molecule has 1 aromatic carbocycles. The molecule has 0 aliphatic heterocycles. The fourth-order valence-electron chi connectivity index (χ4n) is 1.76.